The monoisotopic (exact) mass is 431 g/mol. The van der Waals surface area contributed by atoms with E-state index in [1.807, 2.05) is 18.2 Å². The molecule has 0 saturated carbocycles. The van der Waals surface area contributed by atoms with Crippen LogP contribution in [0, 0.1) is 20.2 Å². The first-order chi connectivity index (χ1) is 14.9. The van der Waals surface area contributed by atoms with Crippen molar-refractivity contribution in [1.82, 2.24) is 4.98 Å². The average Bonchev–Trinajstić information content (AvgIpc) is 2.79. The molecule has 31 heavy (non-hydrogen) atoms. The fourth-order valence-electron chi connectivity index (χ4n) is 3.23. The van der Waals surface area contributed by atoms with Crippen LogP contribution in [0.15, 0.2) is 84.9 Å². The third-order valence-electron chi connectivity index (χ3n) is 4.72. The number of halogens is 1. The fourth-order valence-corrected chi connectivity index (χ4v) is 3.48. The van der Waals surface area contributed by atoms with E-state index in [-0.39, 0.29) is 11.4 Å². The van der Waals surface area contributed by atoms with Gasteiger partial charge in [0.1, 0.15) is 0 Å². The lowest BCUT2D eigenvalue weighted by Gasteiger charge is -2.11. The van der Waals surface area contributed by atoms with Crippen molar-refractivity contribution >= 4 is 23.0 Å². The van der Waals surface area contributed by atoms with Crippen molar-refractivity contribution in [2.45, 2.75) is 0 Å². The third kappa shape index (κ3) is 4.26. The van der Waals surface area contributed by atoms with Crippen LogP contribution in [-0.2, 0) is 0 Å². The normalized spacial score (nSPS) is 10.6. The summed E-state index contributed by atoms with van der Waals surface area (Å²) in [4.78, 5) is 26.1. The van der Waals surface area contributed by atoms with E-state index in [0.717, 1.165) is 11.1 Å². The van der Waals surface area contributed by atoms with Crippen LogP contribution in [0.1, 0.15) is 0 Å². The summed E-state index contributed by atoms with van der Waals surface area (Å²) in [7, 11) is 0. The van der Waals surface area contributed by atoms with Gasteiger partial charge in [-0.15, -0.1) is 0 Å². The molecule has 152 valence electrons. The van der Waals surface area contributed by atoms with Crippen molar-refractivity contribution in [3.63, 3.8) is 0 Å². The van der Waals surface area contributed by atoms with E-state index in [4.69, 9.17) is 11.6 Å². The Morgan fingerprint density at radius 3 is 1.65 bits per heavy atom. The number of hydrogen-bond acceptors (Lipinski definition) is 5. The van der Waals surface area contributed by atoms with Gasteiger partial charge in [-0.2, -0.15) is 0 Å². The van der Waals surface area contributed by atoms with Gasteiger partial charge in [0.05, 0.1) is 21.2 Å². The number of aromatic nitrogens is 1. The zero-order valence-corrected chi connectivity index (χ0v) is 16.7. The van der Waals surface area contributed by atoms with Gasteiger partial charge in [-0.1, -0.05) is 54.1 Å². The van der Waals surface area contributed by atoms with E-state index in [1.54, 1.807) is 42.5 Å². The zero-order valence-electron chi connectivity index (χ0n) is 15.9. The highest BCUT2D eigenvalue weighted by Gasteiger charge is 2.15. The molecule has 1 aromatic heterocycles. The summed E-state index contributed by atoms with van der Waals surface area (Å²) in [6.45, 7) is 0. The Morgan fingerprint density at radius 2 is 1.16 bits per heavy atom. The van der Waals surface area contributed by atoms with Crippen LogP contribution >= 0.6 is 11.6 Å². The van der Waals surface area contributed by atoms with Crippen LogP contribution in [0.4, 0.5) is 11.4 Å². The minimum absolute atomic E-state index is 0.0562. The Bertz CT molecular complexity index is 1250. The van der Waals surface area contributed by atoms with Crippen molar-refractivity contribution in [2.75, 3.05) is 0 Å². The van der Waals surface area contributed by atoms with Crippen LogP contribution in [0.3, 0.4) is 0 Å². The van der Waals surface area contributed by atoms with Crippen LogP contribution in [0.5, 0.6) is 0 Å². The molecule has 0 fully saturated rings. The molecule has 0 bridgehead atoms. The van der Waals surface area contributed by atoms with E-state index < -0.39 is 9.85 Å². The molecule has 0 saturated heterocycles. The molecular formula is C23H14ClN3O4. The molecule has 0 spiro atoms. The van der Waals surface area contributed by atoms with Crippen LogP contribution in [0.25, 0.3) is 33.6 Å². The summed E-state index contributed by atoms with van der Waals surface area (Å²) in [5.41, 5.74) is 3.46. The van der Waals surface area contributed by atoms with Crippen molar-refractivity contribution in [3.05, 3.63) is 110 Å². The van der Waals surface area contributed by atoms with Crippen LogP contribution < -0.4 is 0 Å². The summed E-state index contributed by atoms with van der Waals surface area (Å²) >= 11 is 6.39. The van der Waals surface area contributed by atoms with E-state index in [9.17, 15) is 20.2 Å². The lowest BCUT2D eigenvalue weighted by atomic mass is 9.99. The first-order valence-electron chi connectivity index (χ1n) is 9.19. The highest BCUT2D eigenvalue weighted by atomic mass is 35.5. The van der Waals surface area contributed by atoms with E-state index >= 15 is 0 Å². The Labute approximate surface area is 181 Å². The van der Waals surface area contributed by atoms with Crippen LogP contribution in [-0.4, -0.2) is 14.8 Å². The Balaban J connectivity index is 1.95. The molecule has 0 radical (unpaired) electrons. The maximum atomic E-state index is 11.2. The molecule has 4 rings (SSSR count). The molecule has 0 aliphatic rings. The number of hydrogen-bond donors (Lipinski definition) is 0. The Kier molecular flexibility index (Phi) is 5.43. The molecule has 3 aromatic carbocycles. The number of pyridine rings is 1. The van der Waals surface area contributed by atoms with Crippen molar-refractivity contribution in [2.24, 2.45) is 0 Å². The Morgan fingerprint density at radius 1 is 0.645 bits per heavy atom. The standard InChI is InChI=1S/C23H14ClN3O4/c24-21-10-2-1-9-20(21)17-13-22(15-5-3-7-18(11-15)26(28)29)25-23(14-17)16-6-4-8-19(12-16)27(30)31/h1-14H. The first kappa shape index (κ1) is 20.2. The lowest BCUT2D eigenvalue weighted by Crippen LogP contribution is -1.94. The van der Waals surface area contributed by atoms with Gasteiger partial charge in [0.2, 0.25) is 0 Å². The van der Waals surface area contributed by atoms with Gasteiger partial charge in [-0.25, -0.2) is 4.98 Å². The molecule has 8 heteroatoms. The predicted molar refractivity (Wildman–Crippen MR) is 119 cm³/mol. The second-order valence-electron chi connectivity index (χ2n) is 6.72. The van der Waals surface area contributed by atoms with Gasteiger partial charge in [0.15, 0.2) is 0 Å². The van der Waals surface area contributed by atoms with Crippen molar-refractivity contribution in [3.8, 4) is 33.6 Å². The molecule has 0 aliphatic heterocycles. The molecule has 4 aromatic rings. The second kappa shape index (κ2) is 8.33. The van der Waals surface area contributed by atoms with Gasteiger partial charge in [-0.05, 0) is 23.8 Å². The van der Waals surface area contributed by atoms with Crippen molar-refractivity contribution in [1.29, 1.82) is 0 Å². The molecule has 1 heterocycles. The van der Waals surface area contributed by atoms with Gasteiger partial charge >= 0.3 is 0 Å². The van der Waals surface area contributed by atoms with Crippen molar-refractivity contribution < 1.29 is 9.85 Å². The Hall–Kier alpha value is -4.10. The summed E-state index contributed by atoms with van der Waals surface area (Å²) < 4.78 is 0. The molecule has 7 nitrogen and oxygen atoms in total. The van der Waals surface area contributed by atoms with Gasteiger partial charge in [0.25, 0.3) is 11.4 Å². The second-order valence-corrected chi connectivity index (χ2v) is 7.13. The summed E-state index contributed by atoms with van der Waals surface area (Å²) in [5, 5.41) is 23.0. The van der Waals surface area contributed by atoms with E-state index in [0.29, 0.717) is 27.5 Å². The molecule has 0 N–H and O–H groups in total. The summed E-state index contributed by atoms with van der Waals surface area (Å²) in [6, 6.07) is 23.2. The molecule has 0 amide bonds. The van der Waals surface area contributed by atoms with Crippen LogP contribution in [0.2, 0.25) is 5.02 Å². The SMILES string of the molecule is O=[N+]([O-])c1cccc(-c2cc(-c3ccccc3Cl)cc(-c3cccc([N+](=O)[O-])c3)n2)c1. The number of benzene rings is 3. The molecule has 0 unspecified atom stereocenters. The first-order valence-corrected chi connectivity index (χ1v) is 9.57. The molecule has 0 aliphatic carbocycles. The number of nitrogens with zero attached hydrogens (tertiary/aromatic N) is 3. The summed E-state index contributed by atoms with van der Waals surface area (Å²) in [6.07, 6.45) is 0. The topological polar surface area (TPSA) is 99.2 Å². The summed E-state index contributed by atoms with van der Waals surface area (Å²) in [5.74, 6) is 0. The highest BCUT2D eigenvalue weighted by molar-refractivity contribution is 6.33. The quantitative estimate of drug-likeness (QED) is 0.263. The largest absolute Gasteiger partial charge is 0.270 e. The number of nitro benzene ring substituents is 2. The lowest BCUT2D eigenvalue weighted by molar-refractivity contribution is -0.385. The highest BCUT2D eigenvalue weighted by Crippen LogP contribution is 2.34. The molecule has 0 atom stereocenters. The van der Waals surface area contributed by atoms with Gasteiger partial charge in [0, 0.05) is 46.0 Å². The maximum Gasteiger partial charge on any atom is 0.270 e. The maximum absolute atomic E-state index is 11.2. The predicted octanol–water partition coefficient (Wildman–Crippen LogP) is 6.55. The number of non-ortho nitro benzene ring substituents is 2. The zero-order chi connectivity index (χ0) is 22.0. The fraction of sp³-hybridized carbons (Fsp3) is 0. The van der Waals surface area contributed by atoms with Gasteiger partial charge < -0.3 is 0 Å². The molecular weight excluding hydrogens is 418 g/mol. The third-order valence-corrected chi connectivity index (χ3v) is 5.05. The van der Waals surface area contributed by atoms with E-state index in [1.165, 1.54) is 24.3 Å². The number of rotatable bonds is 5. The number of nitro groups is 2. The average molecular weight is 432 g/mol. The van der Waals surface area contributed by atoms with Gasteiger partial charge in [-0.3, -0.25) is 20.2 Å². The van der Waals surface area contributed by atoms with E-state index in [2.05, 4.69) is 4.98 Å². The minimum atomic E-state index is -0.469. The minimum Gasteiger partial charge on any atom is -0.258 e. The smallest absolute Gasteiger partial charge is 0.258 e.